The fourth-order valence-electron chi connectivity index (χ4n) is 4.28. The maximum Gasteiger partial charge on any atom is 0.341 e. The summed E-state index contributed by atoms with van der Waals surface area (Å²) in [4.78, 5) is 37.6. The van der Waals surface area contributed by atoms with Crippen molar-refractivity contribution < 1.29 is 19.2 Å². The summed E-state index contributed by atoms with van der Waals surface area (Å²) in [6, 6.07) is 4.30. The molecule has 0 spiro atoms. The second-order valence-electron chi connectivity index (χ2n) is 8.17. The van der Waals surface area contributed by atoms with Crippen LogP contribution < -0.4 is 10.2 Å². The molecule has 158 valence electrons. The number of hydrogen-bond donors (Lipinski definition) is 1. The van der Waals surface area contributed by atoms with E-state index in [0.717, 1.165) is 45.2 Å². The molecule has 0 radical (unpaired) electrons. The Morgan fingerprint density at radius 1 is 1.21 bits per heavy atom. The molecular weight excluding hydrogens is 374 g/mol. The van der Waals surface area contributed by atoms with Crippen LogP contribution in [0.4, 0.5) is 11.4 Å². The van der Waals surface area contributed by atoms with Gasteiger partial charge in [-0.25, -0.2) is 4.79 Å². The van der Waals surface area contributed by atoms with Crippen LogP contribution in [-0.4, -0.2) is 42.5 Å². The lowest BCUT2D eigenvalue weighted by molar-refractivity contribution is -0.384. The van der Waals surface area contributed by atoms with Crippen LogP contribution in [0.3, 0.4) is 0 Å². The van der Waals surface area contributed by atoms with E-state index in [4.69, 9.17) is 4.74 Å². The van der Waals surface area contributed by atoms with Gasteiger partial charge in [0.25, 0.3) is 11.6 Å². The lowest BCUT2D eigenvalue weighted by Crippen LogP contribution is -2.45. The number of nitrogens with one attached hydrogen (secondary N) is 1. The minimum absolute atomic E-state index is 0.0860. The van der Waals surface area contributed by atoms with Crippen LogP contribution in [0, 0.1) is 22.0 Å². The van der Waals surface area contributed by atoms with E-state index in [-0.39, 0.29) is 23.2 Å². The molecule has 1 aromatic carbocycles. The summed E-state index contributed by atoms with van der Waals surface area (Å²) in [5.41, 5.74) is 0.580. The average Bonchev–Trinajstić information content (AvgIpc) is 3.24. The largest absolute Gasteiger partial charge is 0.452 e. The Labute approximate surface area is 170 Å². The summed E-state index contributed by atoms with van der Waals surface area (Å²) in [7, 11) is 0. The summed E-state index contributed by atoms with van der Waals surface area (Å²) in [5.74, 6) is -0.125. The number of carbonyl (C=O) groups excluding carboxylic acids is 2. The molecule has 2 aliphatic rings. The van der Waals surface area contributed by atoms with Gasteiger partial charge in [-0.2, -0.15) is 0 Å². The van der Waals surface area contributed by atoms with Crippen molar-refractivity contribution in [2.45, 2.75) is 52.0 Å². The van der Waals surface area contributed by atoms with Gasteiger partial charge >= 0.3 is 5.97 Å². The van der Waals surface area contributed by atoms with Gasteiger partial charge in [0.1, 0.15) is 0 Å². The first kappa shape index (κ1) is 21.1. The maximum atomic E-state index is 12.7. The van der Waals surface area contributed by atoms with Crippen molar-refractivity contribution in [2.24, 2.45) is 11.8 Å². The molecule has 29 heavy (non-hydrogen) atoms. The number of rotatable bonds is 6. The van der Waals surface area contributed by atoms with Crippen LogP contribution in [0.15, 0.2) is 18.2 Å². The van der Waals surface area contributed by atoms with Gasteiger partial charge < -0.3 is 15.0 Å². The van der Waals surface area contributed by atoms with Crippen molar-refractivity contribution in [1.82, 2.24) is 5.32 Å². The van der Waals surface area contributed by atoms with Gasteiger partial charge in [0.05, 0.1) is 16.2 Å². The van der Waals surface area contributed by atoms with Crippen LogP contribution in [0.25, 0.3) is 0 Å². The molecule has 8 heteroatoms. The molecule has 1 saturated carbocycles. The number of ether oxygens (including phenoxy) is 1. The van der Waals surface area contributed by atoms with Gasteiger partial charge in [-0.1, -0.05) is 26.7 Å². The van der Waals surface area contributed by atoms with Crippen LogP contribution in [-0.2, 0) is 9.53 Å². The summed E-state index contributed by atoms with van der Waals surface area (Å²) in [6.45, 7) is 5.50. The molecule has 0 aromatic heterocycles. The topological polar surface area (TPSA) is 102 Å². The molecule has 1 aliphatic heterocycles. The van der Waals surface area contributed by atoms with Gasteiger partial charge in [0.15, 0.2) is 6.61 Å². The minimum atomic E-state index is -0.712. The molecule has 1 heterocycles. The number of carbonyl (C=O) groups is 2. The predicted molar refractivity (Wildman–Crippen MR) is 109 cm³/mol. The highest BCUT2D eigenvalue weighted by Crippen LogP contribution is 2.30. The van der Waals surface area contributed by atoms with E-state index in [1.165, 1.54) is 12.1 Å². The number of nitrogens with zero attached hydrogens (tertiary/aromatic N) is 2. The van der Waals surface area contributed by atoms with Crippen LogP contribution in [0.1, 0.15) is 56.3 Å². The van der Waals surface area contributed by atoms with E-state index in [9.17, 15) is 19.7 Å². The van der Waals surface area contributed by atoms with Crippen molar-refractivity contribution in [3.63, 3.8) is 0 Å². The highest BCUT2D eigenvalue weighted by molar-refractivity contribution is 5.97. The van der Waals surface area contributed by atoms with E-state index in [1.807, 2.05) is 4.90 Å². The van der Waals surface area contributed by atoms with Crippen molar-refractivity contribution in [3.8, 4) is 0 Å². The number of benzene rings is 1. The van der Waals surface area contributed by atoms with Gasteiger partial charge in [0, 0.05) is 31.3 Å². The quantitative estimate of drug-likeness (QED) is 0.444. The summed E-state index contributed by atoms with van der Waals surface area (Å²) in [6.07, 6.45) is 5.17. The molecule has 2 fully saturated rings. The molecule has 1 aliphatic carbocycles. The summed E-state index contributed by atoms with van der Waals surface area (Å²) in [5, 5.41) is 14.1. The molecule has 1 aromatic rings. The van der Waals surface area contributed by atoms with Gasteiger partial charge in [-0.3, -0.25) is 14.9 Å². The number of anilines is 1. The lowest BCUT2D eigenvalue weighted by Gasteiger charge is -2.34. The van der Waals surface area contributed by atoms with E-state index in [1.54, 1.807) is 6.07 Å². The van der Waals surface area contributed by atoms with Crippen molar-refractivity contribution in [3.05, 3.63) is 33.9 Å². The second kappa shape index (κ2) is 9.24. The molecule has 3 atom stereocenters. The number of non-ortho nitro benzene ring substituents is 1. The zero-order chi connectivity index (χ0) is 21.0. The Balaban J connectivity index is 1.65. The molecule has 0 bridgehead atoms. The maximum absolute atomic E-state index is 12.7. The van der Waals surface area contributed by atoms with E-state index in [2.05, 4.69) is 19.2 Å². The Hall–Kier alpha value is -2.64. The average molecular weight is 403 g/mol. The fraction of sp³-hybridized carbons (Fsp3) is 0.619. The van der Waals surface area contributed by atoms with Crippen molar-refractivity contribution in [1.29, 1.82) is 0 Å². The Morgan fingerprint density at radius 3 is 2.62 bits per heavy atom. The molecule has 3 rings (SSSR count). The third-order valence-corrected chi connectivity index (χ3v) is 6.25. The first-order valence-corrected chi connectivity index (χ1v) is 10.4. The number of nitro groups is 1. The number of nitro benzene ring substituents is 1. The number of hydrogen-bond acceptors (Lipinski definition) is 6. The third kappa shape index (κ3) is 5.05. The molecule has 1 N–H and O–H groups in total. The zero-order valence-electron chi connectivity index (χ0n) is 17.1. The molecule has 1 saturated heterocycles. The monoisotopic (exact) mass is 403 g/mol. The summed E-state index contributed by atoms with van der Waals surface area (Å²) < 4.78 is 5.23. The molecular formula is C21H29N3O5. The number of esters is 1. The number of amides is 1. The molecule has 0 unspecified atom stereocenters. The van der Waals surface area contributed by atoms with Gasteiger partial charge in [-0.15, -0.1) is 0 Å². The smallest absolute Gasteiger partial charge is 0.341 e. The standard InChI is InChI=1S/C21H29N3O5/c1-14-6-5-7-18(15(14)2)22-20(25)13-29-21(26)17-12-16(24(27)28)8-9-19(17)23-10-3-4-11-23/h8-9,12,14-15,18H,3-7,10-11,13H2,1-2H3,(H,22,25)/t14-,15+,18+/m0/s1. The highest BCUT2D eigenvalue weighted by atomic mass is 16.6. The predicted octanol–water partition coefficient (Wildman–Crippen LogP) is 3.29. The third-order valence-electron chi connectivity index (χ3n) is 6.25. The SMILES string of the molecule is C[C@@H]1[C@@H](C)CCC[C@H]1NC(=O)COC(=O)c1cc([N+](=O)[O-])ccc1N1CCCC1. The van der Waals surface area contributed by atoms with Crippen LogP contribution in [0.5, 0.6) is 0 Å². The zero-order valence-corrected chi connectivity index (χ0v) is 17.1. The Morgan fingerprint density at radius 2 is 1.93 bits per heavy atom. The van der Waals surface area contributed by atoms with Gasteiger partial charge in [-0.05, 0) is 37.2 Å². The first-order chi connectivity index (χ1) is 13.9. The molecule has 8 nitrogen and oxygen atoms in total. The highest BCUT2D eigenvalue weighted by Gasteiger charge is 2.29. The van der Waals surface area contributed by atoms with Crippen LogP contribution in [0.2, 0.25) is 0 Å². The summed E-state index contributed by atoms with van der Waals surface area (Å²) >= 11 is 0. The van der Waals surface area contributed by atoms with E-state index >= 15 is 0 Å². The second-order valence-corrected chi connectivity index (χ2v) is 8.17. The minimum Gasteiger partial charge on any atom is -0.452 e. The lowest BCUT2D eigenvalue weighted by atomic mass is 9.78. The van der Waals surface area contributed by atoms with Gasteiger partial charge in [0.2, 0.25) is 0 Å². The Bertz CT molecular complexity index is 776. The van der Waals surface area contributed by atoms with Crippen molar-refractivity contribution >= 4 is 23.3 Å². The van der Waals surface area contributed by atoms with Crippen molar-refractivity contribution in [2.75, 3.05) is 24.6 Å². The Kier molecular flexibility index (Phi) is 6.71. The van der Waals surface area contributed by atoms with Crippen LogP contribution >= 0.6 is 0 Å². The van der Waals surface area contributed by atoms with E-state index in [0.29, 0.717) is 17.5 Å². The normalized spacial score (nSPS) is 24.2. The van der Waals surface area contributed by atoms with E-state index < -0.39 is 17.5 Å². The molecule has 1 amide bonds. The first-order valence-electron chi connectivity index (χ1n) is 10.4. The fourth-order valence-corrected chi connectivity index (χ4v) is 4.28.